The fourth-order valence-corrected chi connectivity index (χ4v) is 5.36. The van der Waals surface area contributed by atoms with Crippen LogP contribution in [0.4, 0.5) is 5.82 Å². The van der Waals surface area contributed by atoms with Gasteiger partial charge in [-0.1, -0.05) is 54.2 Å². The van der Waals surface area contributed by atoms with Gasteiger partial charge < -0.3 is 25.4 Å². The summed E-state index contributed by atoms with van der Waals surface area (Å²) in [6.07, 6.45) is 0.184. The average molecular weight is 501 g/mol. The Labute approximate surface area is 208 Å². The maximum Gasteiger partial charge on any atom is 0.191 e. The number of aromatic nitrogens is 5. The van der Waals surface area contributed by atoms with Crippen LogP contribution < -0.4 is 5.32 Å². The molecule has 1 aromatic carbocycles. The van der Waals surface area contributed by atoms with E-state index in [9.17, 15) is 10.2 Å². The average Bonchev–Trinajstić information content (AvgIpc) is 3.43. The van der Waals surface area contributed by atoms with Crippen molar-refractivity contribution in [3.05, 3.63) is 35.9 Å². The SMILES string of the molecule is CCCSc1nc(NC2CC2c2ccccc2)c2nnn([C@H]3C[C@@H](OCCCO)[C@H](O)[C@@H]3O)c2n1. The van der Waals surface area contributed by atoms with Crippen molar-refractivity contribution < 1.29 is 20.1 Å². The summed E-state index contributed by atoms with van der Waals surface area (Å²) in [4.78, 5) is 9.48. The standard InChI is InChI=1S/C24H32N6O4S/c1-2-11-35-24-26-22(25-16-12-15(16)14-7-4-3-5-8-14)19-23(27-24)30(29-28-19)17-13-18(21(33)20(17)32)34-10-6-9-31/h3-5,7-8,15-18,20-21,31-33H,2,6,9-13H2,1H3,(H,25,26,27)/t15?,16?,17-,18+,20+,21-/m0/s1. The zero-order valence-corrected chi connectivity index (χ0v) is 20.5. The number of aliphatic hydroxyl groups is 3. The fraction of sp³-hybridized carbons (Fsp3) is 0.583. The summed E-state index contributed by atoms with van der Waals surface area (Å²) in [6.45, 7) is 2.44. The van der Waals surface area contributed by atoms with Gasteiger partial charge in [-0.25, -0.2) is 14.6 Å². The second kappa shape index (κ2) is 10.8. The Morgan fingerprint density at radius 2 is 1.97 bits per heavy atom. The summed E-state index contributed by atoms with van der Waals surface area (Å²) in [6, 6.07) is 10.2. The van der Waals surface area contributed by atoms with Crippen LogP contribution in [0.3, 0.4) is 0 Å². The van der Waals surface area contributed by atoms with Crippen LogP contribution in [0.5, 0.6) is 0 Å². The molecule has 35 heavy (non-hydrogen) atoms. The predicted molar refractivity (Wildman–Crippen MR) is 132 cm³/mol. The molecule has 0 amide bonds. The van der Waals surface area contributed by atoms with Crippen LogP contribution in [0.1, 0.15) is 50.1 Å². The molecule has 2 fully saturated rings. The third-order valence-corrected chi connectivity index (χ3v) is 7.68. The molecule has 0 radical (unpaired) electrons. The maximum atomic E-state index is 10.8. The lowest BCUT2D eigenvalue weighted by Crippen LogP contribution is -2.33. The number of aliphatic hydroxyl groups excluding tert-OH is 3. The molecule has 2 aromatic heterocycles. The Balaban J connectivity index is 1.41. The van der Waals surface area contributed by atoms with Crippen molar-refractivity contribution in [2.45, 2.75) is 74.1 Å². The van der Waals surface area contributed by atoms with E-state index in [-0.39, 0.29) is 12.6 Å². The molecule has 11 heteroatoms. The van der Waals surface area contributed by atoms with Crippen molar-refractivity contribution in [3.8, 4) is 0 Å². The van der Waals surface area contributed by atoms with E-state index >= 15 is 0 Å². The number of hydrogen-bond donors (Lipinski definition) is 4. The monoisotopic (exact) mass is 500 g/mol. The molecule has 2 heterocycles. The number of thioether (sulfide) groups is 1. The Hall–Kier alpha value is -2.31. The topological polar surface area (TPSA) is 138 Å². The summed E-state index contributed by atoms with van der Waals surface area (Å²) in [7, 11) is 0. The smallest absolute Gasteiger partial charge is 0.191 e. The first kappa shape index (κ1) is 24.4. The molecule has 4 N–H and O–H groups in total. The van der Waals surface area contributed by atoms with Crippen LogP contribution in [0.2, 0.25) is 0 Å². The molecule has 10 nitrogen and oxygen atoms in total. The predicted octanol–water partition coefficient (Wildman–Crippen LogP) is 2.13. The van der Waals surface area contributed by atoms with Crippen molar-refractivity contribution in [1.29, 1.82) is 0 Å². The number of benzene rings is 1. The van der Waals surface area contributed by atoms with Gasteiger partial charge in [0, 0.05) is 37.3 Å². The van der Waals surface area contributed by atoms with Gasteiger partial charge >= 0.3 is 0 Å². The number of anilines is 1. The lowest BCUT2D eigenvalue weighted by molar-refractivity contribution is -0.0586. The van der Waals surface area contributed by atoms with Crippen molar-refractivity contribution >= 4 is 28.7 Å². The number of rotatable bonds is 11. The summed E-state index contributed by atoms with van der Waals surface area (Å²) in [5.74, 6) is 1.95. The lowest BCUT2D eigenvalue weighted by atomic mass is 10.1. The highest BCUT2D eigenvalue weighted by Gasteiger charge is 2.45. The van der Waals surface area contributed by atoms with Gasteiger partial charge in [-0.05, 0) is 24.8 Å². The number of nitrogens with one attached hydrogen (secondary N) is 1. The largest absolute Gasteiger partial charge is 0.396 e. The van der Waals surface area contributed by atoms with E-state index in [1.165, 1.54) is 5.56 Å². The summed E-state index contributed by atoms with van der Waals surface area (Å²) < 4.78 is 7.30. The normalized spacial score (nSPS) is 28.0. The molecule has 2 saturated carbocycles. The third kappa shape index (κ3) is 5.14. The molecule has 0 aliphatic heterocycles. The van der Waals surface area contributed by atoms with E-state index in [2.05, 4.69) is 46.8 Å². The molecule has 2 unspecified atom stereocenters. The molecule has 0 spiro atoms. The van der Waals surface area contributed by atoms with Gasteiger partial charge in [0.2, 0.25) is 0 Å². The molecule has 2 aliphatic rings. The van der Waals surface area contributed by atoms with Crippen LogP contribution in [0.15, 0.2) is 35.5 Å². The second-order valence-corrected chi connectivity index (χ2v) is 10.2. The number of nitrogens with zero attached hydrogens (tertiary/aromatic N) is 5. The zero-order valence-electron chi connectivity index (χ0n) is 19.7. The molecular formula is C24H32N6O4S. The van der Waals surface area contributed by atoms with Gasteiger partial charge in [-0.3, -0.25) is 0 Å². The zero-order chi connectivity index (χ0) is 24.4. The molecule has 188 valence electrons. The first-order chi connectivity index (χ1) is 17.1. The van der Waals surface area contributed by atoms with Gasteiger partial charge in [0.15, 0.2) is 22.1 Å². The van der Waals surface area contributed by atoms with Crippen LogP contribution in [-0.2, 0) is 4.74 Å². The fourth-order valence-electron chi connectivity index (χ4n) is 4.67. The molecule has 5 rings (SSSR count). The first-order valence-electron chi connectivity index (χ1n) is 12.3. The number of ether oxygens (including phenoxy) is 1. The highest BCUT2D eigenvalue weighted by Crippen LogP contribution is 2.43. The molecule has 3 aromatic rings. The molecule has 0 bridgehead atoms. The van der Waals surface area contributed by atoms with Gasteiger partial charge in [0.05, 0.1) is 12.1 Å². The Bertz CT molecular complexity index is 1130. The van der Waals surface area contributed by atoms with Crippen molar-refractivity contribution in [2.75, 3.05) is 24.3 Å². The quantitative estimate of drug-likeness (QED) is 0.176. The maximum absolute atomic E-state index is 10.8. The van der Waals surface area contributed by atoms with Crippen molar-refractivity contribution in [1.82, 2.24) is 25.0 Å². The summed E-state index contributed by atoms with van der Waals surface area (Å²) in [5, 5.41) is 43.2. The van der Waals surface area contributed by atoms with Crippen LogP contribution >= 0.6 is 11.8 Å². The van der Waals surface area contributed by atoms with Gasteiger partial charge in [0.25, 0.3) is 0 Å². The van der Waals surface area contributed by atoms with Crippen LogP contribution in [0, 0.1) is 0 Å². The Kier molecular flexibility index (Phi) is 7.49. The van der Waals surface area contributed by atoms with Crippen LogP contribution in [0.25, 0.3) is 11.2 Å². The van der Waals surface area contributed by atoms with Crippen LogP contribution in [-0.4, -0.2) is 83.6 Å². The molecular weight excluding hydrogens is 468 g/mol. The Morgan fingerprint density at radius 3 is 2.74 bits per heavy atom. The second-order valence-electron chi connectivity index (χ2n) is 9.18. The van der Waals surface area contributed by atoms with Crippen molar-refractivity contribution in [3.63, 3.8) is 0 Å². The van der Waals surface area contributed by atoms with Crippen molar-refractivity contribution in [2.24, 2.45) is 0 Å². The lowest BCUT2D eigenvalue weighted by Gasteiger charge is -2.17. The van der Waals surface area contributed by atoms with E-state index in [0.29, 0.717) is 47.5 Å². The Morgan fingerprint density at radius 1 is 1.14 bits per heavy atom. The van der Waals surface area contributed by atoms with Gasteiger partial charge in [0.1, 0.15) is 12.2 Å². The molecule has 0 saturated heterocycles. The molecule has 2 aliphatic carbocycles. The minimum atomic E-state index is -1.07. The number of fused-ring (bicyclic) bond motifs is 1. The number of hydrogen-bond acceptors (Lipinski definition) is 10. The molecule has 6 atom stereocenters. The van der Waals surface area contributed by atoms with Gasteiger partial charge in [-0.2, -0.15) is 0 Å². The summed E-state index contributed by atoms with van der Waals surface area (Å²) >= 11 is 1.57. The van der Waals surface area contributed by atoms with E-state index < -0.39 is 24.4 Å². The minimum Gasteiger partial charge on any atom is -0.396 e. The summed E-state index contributed by atoms with van der Waals surface area (Å²) in [5.41, 5.74) is 2.39. The van der Waals surface area contributed by atoms with E-state index in [1.54, 1.807) is 16.4 Å². The minimum absolute atomic E-state index is 0.0134. The van der Waals surface area contributed by atoms with E-state index in [1.807, 2.05) is 6.07 Å². The highest BCUT2D eigenvalue weighted by molar-refractivity contribution is 7.99. The first-order valence-corrected chi connectivity index (χ1v) is 13.2. The van der Waals surface area contributed by atoms with E-state index in [4.69, 9.17) is 19.8 Å². The van der Waals surface area contributed by atoms with E-state index in [0.717, 1.165) is 18.6 Å². The van der Waals surface area contributed by atoms with Gasteiger partial charge in [-0.15, -0.1) is 5.10 Å². The third-order valence-electron chi connectivity index (χ3n) is 6.63. The highest BCUT2D eigenvalue weighted by atomic mass is 32.2.